The molecular weight excluding hydrogens is 242 g/mol. The summed E-state index contributed by atoms with van der Waals surface area (Å²) in [6, 6.07) is 2.59. The molecule has 2 unspecified atom stereocenters. The van der Waals surface area contributed by atoms with Gasteiger partial charge in [0.25, 0.3) is 0 Å². The Kier molecular flexibility index (Phi) is 6.33. The standard InChI is InChI=1S/C15H27NOS/c1-11(2)6-7-13-8-9-18-15(13)14(16(4)5)10-12(3)17/h8-9,11-12,14,17H,6-7,10H2,1-5H3. The van der Waals surface area contributed by atoms with Crippen molar-refractivity contribution in [2.75, 3.05) is 14.1 Å². The van der Waals surface area contributed by atoms with Crippen LogP contribution in [0.1, 0.15) is 50.1 Å². The molecule has 0 aliphatic heterocycles. The molecule has 3 heteroatoms. The number of hydrogen-bond donors (Lipinski definition) is 1. The highest BCUT2D eigenvalue weighted by Crippen LogP contribution is 2.32. The number of nitrogens with zero attached hydrogens (tertiary/aromatic N) is 1. The van der Waals surface area contributed by atoms with E-state index in [1.165, 1.54) is 16.9 Å². The van der Waals surface area contributed by atoms with Crippen molar-refractivity contribution in [3.8, 4) is 0 Å². The first-order valence-corrected chi connectivity index (χ1v) is 7.70. The summed E-state index contributed by atoms with van der Waals surface area (Å²) in [6.45, 7) is 6.41. The van der Waals surface area contributed by atoms with Crippen molar-refractivity contribution in [3.05, 3.63) is 21.9 Å². The predicted molar refractivity (Wildman–Crippen MR) is 80.2 cm³/mol. The molecule has 2 atom stereocenters. The maximum Gasteiger partial charge on any atom is 0.0530 e. The van der Waals surface area contributed by atoms with Gasteiger partial charge in [0, 0.05) is 10.9 Å². The second-order valence-electron chi connectivity index (χ2n) is 5.81. The molecule has 0 saturated carbocycles. The first-order valence-electron chi connectivity index (χ1n) is 6.82. The number of hydrogen-bond acceptors (Lipinski definition) is 3. The lowest BCUT2D eigenvalue weighted by Gasteiger charge is -2.26. The molecule has 0 spiro atoms. The van der Waals surface area contributed by atoms with Gasteiger partial charge < -0.3 is 10.0 Å². The fraction of sp³-hybridized carbons (Fsp3) is 0.733. The second kappa shape index (κ2) is 7.27. The van der Waals surface area contributed by atoms with Crippen LogP contribution in [0.3, 0.4) is 0 Å². The molecule has 0 aliphatic carbocycles. The molecule has 2 nitrogen and oxygen atoms in total. The lowest BCUT2D eigenvalue weighted by Crippen LogP contribution is -2.23. The summed E-state index contributed by atoms with van der Waals surface area (Å²) in [4.78, 5) is 3.65. The van der Waals surface area contributed by atoms with Crippen LogP contribution in [0.4, 0.5) is 0 Å². The van der Waals surface area contributed by atoms with Gasteiger partial charge in [-0.05, 0) is 63.2 Å². The zero-order valence-electron chi connectivity index (χ0n) is 12.3. The molecule has 0 aromatic carbocycles. The third kappa shape index (κ3) is 4.71. The summed E-state index contributed by atoms with van der Waals surface area (Å²) >= 11 is 1.83. The van der Waals surface area contributed by atoms with Crippen LogP contribution in [0.2, 0.25) is 0 Å². The van der Waals surface area contributed by atoms with Crippen molar-refractivity contribution in [2.45, 2.75) is 52.2 Å². The monoisotopic (exact) mass is 269 g/mol. The quantitative estimate of drug-likeness (QED) is 0.815. The number of aliphatic hydroxyl groups is 1. The van der Waals surface area contributed by atoms with E-state index in [4.69, 9.17) is 0 Å². The smallest absolute Gasteiger partial charge is 0.0530 e. The molecule has 0 fully saturated rings. The van der Waals surface area contributed by atoms with Gasteiger partial charge in [-0.25, -0.2) is 0 Å². The van der Waals surface area contributed by atoms with Crippen molar-refractivity contribution in [1.29, 1.82) is 0 Å². The van der Waals surface area contributed by atoms with Crippen LogP contribution < -0.4 is 0 Å². The van der Waals surface area contributed by atoms with E-state index in [2.05, 4.69) is 44.3 Å². The van der Waals surface area contributed by atoms with Crippen molar-refractivity contribution in [2.24, 2.45) is 5.92 Å². The minimum absolute atomic E-state index is 0.252. The highest BCUT2D eigenvalue weighted by atomic mass is 32.1. The third-order valence-corrected chi connectivity index (χ3v) is 4.32. The molecular formula is C15H27NOS. The van der Waals surface area contributed by atoms with Gasteiger partial charge in [-0.3, -0.25) is 0 Å². The van der Waals surface area contributed by atoms with E-state index in [9.17, 15) is 5.11 Å². The molecule has 1 heterocycles. The van der Waals surface area contributed by atoms with Gasteiger partial charge in [-0.2, -0.15) is 0 Å². The van der Waals surface area contributed by atoms with E-state index in [0.29, 0.717) is 6.04 Å². The predicted octanol–water partition coefficient (Wildman–Crippen LogP) is 3.71. The Morgan fingerprint density at radius 3 is 2.44 bits per heavy atom. The van der Waals surface area contributed by atoms with Crippen LogP contribution in [0.25, 0.3) is 0 Å². The average molecular weight is 269 g/mol. The fourth-order valence-electron chi connectivity index (χ4n) is 2.17. The Morgan fingerprint density at radius 1 is 1.28 bits per heavy atom. The van der Waals surface area contributed by atoms with E-state index >= 15 is 0 Å². The molecule has 0 radical (unpaired) electrons. The van der Waals surface area contributed by atoms with Crippen LogP contribution in [0.15, 0.2) is 11.4 Å². The van der Waals surface area contributed by atoms with E-state index in [1.54, 1.807) is 0 Å². The molecule has 1 N–H and O–H groups in total. The molecule has 18 heavy (non-hydrogen) atoms. The zero-order valence-corrected chi connectivity index (χ0v) is 13.1. The average Bonchev–Trinajstić information content (AvgIpc) is 2.70. The maximum atomic E-state index is 9.66. The third-order valence-electron chi connectivity index (χ3n) is 3.26. The number of aliphatic hydroxyl groups excluding tert-OH is 1. The van der Waals surface area contributed by atoms with Gasteiger partial charge >= 0.3 is 0 Å². The first-order chi connectivity index (χ1) is 8.41. The van der Waals surface area contributed by atoms with Gasteiger partial charge in [-0.1, -0.05) is 13.8 Å². The number of thiophene rings is 1. The van der Waals surface area contributed by atoms with E-state index in [0.717, 1.165) is 18.8 Å². The van der Waals surface area contributed by atoms with Crippen molar-refractivity contribution in [1.82, 2.24) is 4.90 Å². The van der Waals surface area contributed by atoms with Crippen molar-refractivity contribution in [3.63, 3.8) is 0 Å². The van der Waals surface area contributed by atoms with Crippen LogP contribution in [-0.2, 0) is 6.42 Å². The molecule has 0 aliphatic rings. The Balaban J connectivity index is 2.81. The van der Waals surface area contributed by atoms with Crippen LogP contribution >= 0.6 is 11.3 Å². The summed E-state index contributed by atoms with van der Waals surface area (Å²) in [5.74, 6) is 0.743. The first kappa shape index (κ1) is 15.7. The van der Waals surface area contributed by atoms with Gasteiger partial charge in [-0.15, -0.1) is 11.3 Å². The summed E-state index contributed by atoms with van der Waals surface area (Å²) in [5.41, 5.74) is 1.47. The van der Waals surface area contributed by atoms with Crippen LogP contribution in [0, 0.1) is 5.92 Å². The molecule has 1 aromatic heterocycles. The van der Waals surface area contributed by atoms with Gasteiger partial charge in [0.05, 0.1) is 6.10 Å². The molecule has 0 amide bonds. The van der Waals surface area contributed by atoms with Crippen molar-refractivity contribution >= 4 is 11.3 Å². The van der Waals surface area contributed by atoms with Crippen molar-refractivity contribution < 1.29 is 5.11 Å². The Morgan fingerprint density at radius 2 is 1.94 bits per heavy atom. The van der Waals surface area contributed by atoms with E-state index < -0.39 is 0 Å². The number of aryl methyl sites for hydroxylation is 1. The van der Waals surface area contributed by atoms with Gasteiger partial charge in [0.2, 0.25) is 0 Å². The summed E-state index contributed by atoms with van der Waals surface area (Å²) < 4.78 is 0. The minimum Gasteiger partial charge on any atom is -0.393 e. The maximum absolute atomic E-state index is 9.66. The minimum atomic E-state index is -0.252. The lowest BCUT2D eigenvalue weighted by atomic mass is 9.98. The molecule has 1 aromatic rings. The van der Waals surface area contributed by atoms with Gasteiger partial charge in [0.1, 0.15) is 0 Å². The number of rotatable bonds is 7. The lowest BCUT2D eigenvalue weighted by molar-refractivity contribution is 0.139. The van der Waals surface area contributed by atoms with Crippen LogP contribution in [-0.4, -0.2) is 30.2 Å². The summed E-state index contributed by atoms with van der Waals surface area (Å²) in [7, 11) is 4.19. The van der Waals surface area contributed by atoms with E-state index in [1.807, 2.05) is 18.3 Å². The van der Waals surface area contributed by atoms with Crippen LogP contribution in [0.5, 0.6) is 0 Å². The molecule has 0 saturated heterocycles. The van der Waals surface area contributed by atoms with E-state index in [-0.39, 0.29) is 6.10 Å². The summed E-state index contributed by atoms with van der Waals surface area (Å²) in [5, 5.41) is 11.8. The highest BCUT2D eigenvalue weighted by Gasteiger charge is 2.20. The normalized spacial score (nSPS) is 15.3. The van der Waals surface area contributed by atoms with Gasteiger partial charge in [0.15, 0.2) is 0 Å². The Labute approximate surface area is 116 Å². The highest BCUT2D eigenvalue weighted by molar-refractivity contribution is 7.10. The zero-order chi connectivity index (χ0) is 13.7. The SMILES string of the molecule is CC(C)CCc1ccsc1C(CC(C)O)N(C)C. The summed E-state index contributed by atoms with van der Waals surface area (Å²) in [6.07, 6.45) is 2.94. The topological polar surface area (TPSA) is 23.5 Å². The molecule has 1 rings (SSSR count). The fourth-order valence-corrected chi connectivity index (χ4v) is 3.33. The largest absolute Gasteiger partial charge is 0.393 e. The molecule has 104 valence electrons. The Bertz CT molecular complexity index is 344. The Hall–Kier alpha value is -0.380. The molecule has 0 bridgehead atoms. The second-order valence-corrected chi connectivity index (χ2v) is 6.75.